The molecule has 5 heteroatoms. The molecule has 0 spiro atoms. The summed E-state index contributed by atoms with van der Waals surface area (Å²) in [5, 5.41) is 12.5. The Morgan fingerprint density at radius 3 is 2.80 bits per heavy atom. The first-order chi connectivity index (χ1) is 9.70. The number of aliphatic hydroxyl groups excluding tert-OH is 1. The third-order valence-electron chi connectivity index (χ3n) is 3.51. The van der Waals surface area contributed by atoms with Gasteiger partial charge < -0.3 is 15.3 Å². The number of carbonyl (C=O) groups excluding carboxylic acids is 1. The normalized spacial score (nSPS) is 15.3. The summed E-state index contributed by atoms with van der Waals surface area (Å²) in [5.74, 6) is 0. The number of anilines is 1. The van der Waals surface area contributed by atoms with Crippen LogP contribution < -0.4 is 5.32 Å². The minimum atomic E-state index is -0.182. The van der Waals surface area contributed by atoms with Gasteiger partial charge in [-0.15, -0.1) is 11.8 Å². The van der Waals surface area contributed by atoms with Gasteiger partial charge >= 0.3 is 6.03 Å². The van der Waals surface area contributed by atoms with Crippen molar-refractivity contribution in [1.82, 2.24) is 4.90 Å². The highest BCUT2D eigenvalue weighted by molar-refractivity contribution is 8.00. The van der Waals surface area contributed by atoms with E-state index in [1.165, 1.54) is 30.6 Å². The fourth-order valence-electron chi connectivity index (χ4n) is 2.32. The zero-order chi connectivity index (χ0) is 14.4. The predicted molar refractivity (Wildman–Crippen MR) is 83.3 cm³/mol. The Bertz CT molecular complexity index is 447. The average Bonchev–Trinajstić information content (AvgIpc) is 2.94. The number of hydrogen-bond acceptors (Lipinski definition) is 3. The van der Waals surface area contributed by atoms with Crippen LogP contribution in [0.15, 0.2) is 29.2 Å². The van der Waals surface area contributed by atoms with Crippen molar-refractivity contribution in [2.45, 2.75) is 35.8 Å². The first-order valence-electron chi connectivity index (χ1n) is 7.09. The van der Waals surface area contributed by atoms with E-state index >= 15 is 0 Å². The second-order valence-electron chi connectivity index (χ2n) is 5.10. The number of thioether (sulfide) groups is 1. The molecular formula is C15H22N2O2S. The molecule has 0 aromatic heterocycles. The number of amides is 2. The fraction of sp³-hybridized carbons (Fsp3) is 0.533. The average molecular weight is 294 g/mol. The number of likely N-dealkylation sites (N-methyl/N-ethyl adjacent to an activating group) is 1. The lowest BCUT2D eigenvalue weighted by molar-refractivity contribution is 0.202. The van der Waals surface area contributed by atoms with Crippen LogP contribution in [0.2, 0.25) is 0 Å². The van der Waals surface area contributed by atoms with Crippen molar-refractivity contribution in [2.24, 2.45) is 0 Å². The zero-order valence-corrected chi connectivity index (χ0v) is 12.7. The number of para-hydroxylation sites is 1. The molecular weight excluding hydrogens is 272 g/mol. The summed E-state index contributed by atoms with van der Waals surface area (Å²) in [7, 11) is 1.68. The molecule has 2 N–H and O–H groups in total. The van der Waals surface area contributed by atoms with E-state index in [1.807, 2.05) is 30.0 Å². The van der Waals surface area contributed by atoms with Crippen LogP contribution in [-0.2, 0) is 0 Å². The molecule has 1 saturated carbocycles. The maximum Gasteiger partial charge on any atom is 0.321 e. The second kappa shape index (κ2) is 7.55. The Labute approximate surface area is 124 Å². The highest BCUT2D eigenvalue weighted by Gasteiger charge is 2.18. The number of benzene rings is 1. The van der Waals surface area contributed by atoms with Gasteiger partial charge in [0.05, 0.1) is 12.3 Å². The monoisotopic (exact) mass is 294 g/mol. The van der Waals surface area contributed by atoms with Gasteiger partial charge in [-0.1, -0.05) is 25.0 Å². The summed E-state index contributed by atoms with van der Waals surface area (Å²) in [6.45, 7) is 0.312. The van der Waals surface area contributed by atoms with E-state index in [0.717, 1.165) is 10.6 Å². The number of nitrogens with zero attached hydrogens (tertiary/aromatic N) is 1. The number of carbonyl (C=O) groups is 1. The predicted octanol–water partition coefficient (Wildman–Crippen LogP) is 3.18. The molecule has 0 radical (unpaired) electrons. The van der Waals surface area contributed by atoms with Gasteiger partial charge in [0, 0.05) is 23.7 Å². The molecule has 1 aliphatic carbocycles. The van der Waals surface area contributed by atoms with Crippen LogP contribution in [0.4, 0.5) is 10.5 Å². The van der Waals surface area contributed by atoms with Crippen LogP contribution in [0.5, 0.6) is 0 Å². The molecule has 20 heavy (non-hydrogen) atoms. The van der Waals surface area contributed by atoms with E-state index in [2.05, 4.69) is 11.4 Å². The number of rotatable bonds is 5. The molecule has 0 aliphatic heterocycles. The topological polar surface area (TPSA) is 52.6 Å². The summed E-state index contributed by atoms with van der Waals surface area (Å²) < 4.78 is 0. The van der Waals surface area contributed by atoms with E-state index in [0.29, 0.717) is 11.8 Å². The van der Waals surface area contributed by atoms with Gasteiger partial charge in [-0.3, -0.25) is 0 Å². The molecule has 4 nitrogen and oxygen atoms in total. The molecule has 1 aromatic rings. The van der Waals surface area contributed by atoms with E-state index in [-0.39, 0.29) is 12.6 Å². The zero-order valence-electron chi connectivity index (χ0n) is 11.8. The van der Waals surface area contributed by atoms with Crippen LogP contribution >= 0.6 is 11.8 Å². The molecule has 110 valence electrons. The van der Waals surface area contributed by atoms with Gasteiger partial charge in [0.2, 0.25) is 0 Å². The molecule has 0 heterocycles. The SMILES string of the molecule is CN(CCO)C(=O)Nc1ccccc1SC1CCCC1. The summed E-state index contributed by atoms with van der Waals surface area (Å²) in [6.07, 6.45) is 5.14. The molecule has 0 atom stereocenters. The third kappa shape index (κ3) is 4.15. The summed E-state index contributed by atoms with van der Waals surface area (Å²) >= 11 is 1.86. The number of hydrogen-bond donors (Lipinski definition) is 2. The minimum absolute atomic E-state index is 0.0254. The number of nitrogens with one attached hydrogen (secondary N) is 1. The minimum Gasteiger partial charge on any atom is -0.395 e. The molecule has 1 aliphatic rings. The Hall–Kier alpha value is -1.20. The van der Waals surface area contributed by atoms with E-state index in [4.69, 9.17) is 5.11 Å². The van der Waals surface area contributed by atoms with E-state index in [1.54, 1.807) is 7.05 Å². The molecule has 0 unspecified atom stereocenters. The Morgan fingerprint density at radius 1 is 1.40 bits per heavy atom. The second-order valence-corrected chi connectivity index (χ2v) is 6.44. The molecule has 2 amide bonds. The molecule has 1 fully saturated rings. The Morgan fingerprint density at radius 2 is 2.10 bits per heavy atom. The van der Waals surface area contributed by atoms with Gasteiger partial charge in [0.1, 0.15) is 0 Å². The van der Waals surface area contributed by atoms with Gasteiger partial charge in [-0.25, -0.2) is 4.79 Å². The summed E-state index contributed by atoms with van der Waals surface area (Å²) in [6, 6.07) is 7.75. The van der Waals surface area contributed by atoms with Crippen molar-refractivity contribution in [1.29, 1.82) is 0 Å². The van der Waals surface area contributed by atoms with Crippen LogP contribution in [0.3, 0.4) is 0 Å². The fourth-order valence-corrected chi connectivity index (χ4v) is 3.65. The van der Waals surface area contributed by atoms with Crippen molar-refractivity contribution in [3.05, 3.63) is 24.3 Å². The van der Waals surface area contributed by atoms with E-state index < -0.39 is 0 Å². The van der Waals surface area contributed by atoms with E-state index in [9.17, 15) is 4.79 Å². The van der Waals surface area contributed by atoms with Gasteiger partial charge in [-0.05, 0) is 25.0 Å². The van der Waals surface area contributed by atoms with Crippen molar-refractivity contribution in [2.75, 3.05) is 25.5 Å². The van der Waals surface area contributed by atoms with Crippen LogP contribution in [0, 0.1) is 0 Å². The highest BCUT2D eigenvalue weighted by Crippen LogP contribution is 2.37. The lowest BCUT2D eigenvalue weighted by Crippen LogP contribution is -2.33. The smallest absolute Gasteiger partial charge is 0.321 e. The third-order valence-corrected chi connectivity index (χ3v) is 4.92. The Kier molecular flexibility index (Phi) is 5.73. The van der Waals surface area contributed by atoms with Gasteiger partial charge in [0.15, 0.2) is 0 Å². The largest absolute Gasteiger partial charge is 0.395 e. The lowest BCUT2D eigenvalue weighted by Gasteiger charge is -2.19. The summed E-state index contributed by atoms with van der Waals surface area (Å²) in [5.41, 5.74) is 0.860. The highest BCUT2D eigenvalue weighted by atomic mass is 32.2. The lowest BCUT2D eigenvalue weighted by atomic mass is 10.3. The molecule has 1 aromatic carbocycles. The van der Waals surface area contributed by atoms with Crippen LogP contribution in [0.25, 0.3) is 0 Å². The molecule has 0 bridgehead atoms. The summed E-state index contributed by atoms with van der Waals surface area (Å²) in [4.78, 5) is 14.6. The molecule has 0 saturated heterocycles. The first-order valence-corrected chi connectivity index (χ1v) is 7.97. The maximum atomic E-state index is 12.0. The number of urea groups is 1. The van der Waals surface area contributed by atoms with Crippen LogP contribution in [0.1, 0.15) is 25.7 Å². The first kappa shape index (κ1) is 15.2. The maximum absolute atomic E-state index is 12.0. The number of aliphatic hydroxyl groups is 1. The van der Waals surface area contributed by atoms with Crippen molar-refractivity contribution >= 4 is 23.5 Å². The molecule has 2 rings (SSSR count). The van der Waals surface area contributed by atoms with Crippen LogP contribution in [-0.4, -0.2) is 41.5 Å². The van der Waals surface area contributed by atoms with Crippen molar-refractivity contribution < 1.29 is 9.90 Å². The van der Waals surface area contributed by atoms with Crippen molar-refractivity contribution in [3.8, 4) is 0 Å². The van der Waals surface area contributed by atoms with Gasteiger partial charge in [-0.2, -0.15) is 0 Å². The quantitative estimate of drug-likeness (QED) is 0.877. The van der Waals surface area contributed by atoms with Gasteiger partial charge in [0.25, 0.3) is 0 Å². The Balaban J connectivity index is 2.01. The standard InChI is InChI=1S/C15H22N2O2S/c1-17(10-11-18)15(19)16-13-8-4-5-9-14(13)20-12-6-2-3-7-12/h4-5,8-9,12,18H,2-3,6-7,10-11H2,1H3,(H,16,19). The van der Waals surface area contributed by atoms with Crippen molar-refractivity contribution in [3.63, 3.8) is 0 Å².